The molecule has 0 aliphatic rings. The third kappa shape index (κ3) is 7.97. The topological polar surface area (TPSA) is 9.23 Å². The molecule has 0 radical (unpaired) electrons. The molecule has 222 valence electrons. The molecule has 0 fully saturated rings. The summed E-state index contributed by atoms with van der Waals surface area (Å²) in [5, 5.41) is 4.69. The SMILES string of the molecule is Br.C[SiH](C)OCCCCCCCCCCCCP(c1ccccc1)(c1ccccc1)(c1ccccc1)C(C)(C)C. The molecule has 0 aliphatic heterocycles. The first-order chi connectivity index (χ1) is 18.8. The van der Waals surface area contributed by atoms with Crippen molar-refractivity contribution in [1.82, 2.24) is 0 Å². The van der Waals surface area contributed by atoms with Gasteiger partial charge in [-0.2, -0.15) is 0 Å². The Morgan fingerprint density at radius 2 is 0.850 bits per heavy atom. The molecule has 3 aromatic rings. The summed E-state index contributed by atoms with van der Waals surface area (Å²) in [4.78, 5) is 0. The van der Waals surface area contributed by atoms with Crippen molar-refractivity contribution < 1.29 is 4.43 Å². The standard InChI is InChI=1S/C36H55OPSi.BrH/c1-36(2,3)38(33-25-17-14-18-26-33,34-27-19-15-20-28-34,35-29-21-16-22-30-35)32-24-13-11-9-7-6-8-10-12-23-31-37-39(4)5;/h14-22,25-30,39H,6-13,23-24,31-32H2,1-5H3;1H. The van der Waals surface area contributed by atoms with E-state index in [1.807, 2.05) is 0 Å². The van der Waals surface area contributed by atoms with Crippen LogP contribution in [-0.2, 0) is 4.43 Å². The zero-order chi connectivity index (χ0) is 28.1. The van der Waals surface area contributed by atoms with E-state index in [4.69, 9.17) is 4.43 Å². The molecule has 3 rings (SSSR count). The molecule has 0 bridgehead atoms. The Kier molecular flexibility index (Phi) is 14.9. The number of hydrogen-bond donors (Lipinski definition) is 0. The first-order valence-electron chi connectivity index (χ1n) is 15.6. The molecule has 4 heteroatoms. The Bertz CT molecular complexity index is 967. The molecule has 0 spiro atoms. The molecule has 40 heavy (non-hydrogen) atoms. The zero-order valence-electron chi connectivity index (χ0n) is 26.0. The first-order valence-corrected chi connectivity index (χ1v) is 20.8. The number of rotatable bonds is 17. The van der Waals surface area contributed by atoms with Crippen molar-refractivity contribution in [2.45, 2.75) is 103 Å². The van der Waals surface area contributed by atoms with Crippen LogP contribution in [0.5, 0.6) is 0 Å². The summed E-state index contributed by atoms with van der Waals surface area (Å²) in [5.74, 6) is 0. The molecular weight excluding hydrogens is 587 g/mol. The van der Waals surface area contributed by atoms with E-state index in [1.165, 1.54) is 86.3 Å². The van der Waals surface area contributed by atoms with E-state index in [0.717, 1.165) is 6.61 Å². The summed E-state index contributed by atoms with van der Waals surface area (Å²) in [6, 6.07) is 34.7. The Hall–Kier alpha value is -1.25. The number of unbranched alkanes of at least 4 members (excludes halogenated alkanes) is 9. The van der Waals surface area contributed by atoms with Gasteiger partial charge in [-0.05, 0) is 13.1 Å². The van der Waals surface area contributed by atoms with Gasteiger partial charge in [-0.3, -0.25) is 0 Å². The predicted octanol–water partition coefficient (Wildman–Crippen LogP) is 9.79. The molecule has 1 nitrogen and oxygen atoms in total. The minimum atomic E-state index is -2.81. The fourth-order valence-electron chi connectivity index (χ4n) is 6.87. The van der Waals surface area contributed by atoms with Gasteiger partial charge in [0.15, 0.2) is 9.04 Å². The van der Waals surface area contributed by atoms with Crippen LogP contribution in [0.3, 0.4) is 0 Å². The Morgan fingerprint density at radius 3 is 1.18 bits per heavy atom. The van der Waals surface area contributed by atoms with Gasteiger partial charge in [0, 0.05) is 0 Å². The van der Waals surface area contributed by atoms with Gasteiger partial charge in [-0.15, -0.1) is 17.0 Å². The van der Waals surface area contributed by atoms with Crippen molar-refractivity contribution in [3.8, 4) is 0 Å². The van der Waals surface area contributed by atoms with E-state index in [-0.39, 0.29) is 22.1 Å². The summed E-state index contributed by atoms with van der Waals surface area (Å²) in [6.07, 6.45) is 14.6. The van der Waals surface area contributed by atoms with E-state index in [9.17, 15) is 0 Å². The van der Waals surface area contributed by atoms with Crippen LogP contribution in [-0.4, -0.2) is 27.0 Å². The maximum atomic E-state index is 5.80. The summed E-state index contributed by atoms with van der Waals surface area (Å²) in [6.45, 7) is 10.2. The van der Waals surface area contributed by atoms with Gasteiger partial charge in [0.25, 0.3) is 0 Å². The molecular formula is C36H56BrOPSi. The number of hydrogen-bond acceptors (Lipinski definition) is 1. The van der Waals surface area contributed by atoms with Crippen LogP contribution in [0.4, 0.5) is 0 Å². The van der Waals surface area contributed by atoms with Gasteiger partial charge in [-0.1, -0.05) is 0 Å². The second kappa shape index (κ2) is 17.0. The van der Waals surface area contributed by atoms with Crippen LogP contribution in [0.1, 0.15) is 85.0 Å². The van der Waals surface area contributed by atoms with Crippen LogP contribution in [0.25, 0.3) is 0 Å². The van der Waals surface area contributed by atoms with E-state index in [1.54, 1.807) is 0 Å². The van der Waals surface area contributed by atoms with E-state index in [2.05, 4.69) is 125 Å². The fourth-order valence-corrected chi connectivity index (χ4v) is 15.5. The predicted molar refractivity (Wildman–Crippen MR) is 191 cm³/mol. The van der Waals surface area contributed by atoms with Gasteiger partial charge < -0.3 is 4.43 Å². The van der Waals surface area contributed by atoms with Crippen molar-refractivity contribution in [3.63, 3.8) is 0 Å². The average molecular weight is 644 g/mol. The van der Waals surface area contributed by atoms with Gasteiger partial charge in [0.2, 0.25) is 0 Å². The first kappa shape index (κ1) is 34.9. The third-order valence-electron chi connectivity index (χ3n) is 8.91. The van der Waals surface area contributed by atoms with Crippen LogP contribution < -0.4 is 15.9 Å². The summed E-state index contributed by atoms with van der Waals surface area (Å²) >= 11 is 0. The third-order valence-corrected chi connectivity index (χ3v) is 18.3. The molecule has 0 unspecified atom stereocenters. The summed E-state index contributed by atoms with van der Waals surface area (Å²) in [5.41, 5.74) is 0. The monoisotopic (exact) mass is 642 g/mol. The Labute approximate surface area is 259 Å². The van der Waals surface area contributed by atoms with Gasteiger partial charge in [0.1, 0.15) is 0 Å². The molecule has 0 aromatic heterocycles. The summed E-state index contributed by atoms with van der Waals surface area (Å²) in [7, 11) is -0.832. The average Bonchev–Trinajstić information content (AvgIpc) is 2.94. The minimum absolute atomic E-state index is 0. The van der Waals surface area contributed by atoms with E-state index < -0.39 is 15.6 Å². The van der Waals surface area contributed by atoms with Crippen molar-refractivity contribution in [1.29, 1.82) is 0 Å². The molecule has 0 heterocycles. The van der Waals surface area contributed by atoms with E-state index >= 15 is 0 Å². The van der Waals surface area contributed by atoms with Crippen LogP contribution in [0.15, 0.2) is 91.0 Å². The molecule has 0 atom stereocenters. The number of benzene rings is 3. The Balaban J connectivity index is 0.00000560. The van der Waals surface area contributed by atoms with Crippen LogP contribution in [0.2, 0.25) is 13.1 Å². The van der Waals surface area contributed by atoms with Crippen LogP contribution in [0, 0.1) is 0 Å². The zero-order valence-corrected chi connectivity index (χ0v) is 29.7. The molecule has 0 saturated heterocycles. The quantitative estimate of drug-likeness (QED) is 0.0809. The van der Waals surface area contributed by atoms with Crippen molar-refractivity contribution in [3.05, 3.63) is 91.0 Å². The molecule has 0 saturated carbocycles. The molecule has 0 aliphatic carbocycles. The van der Waals surface area contributed by atoms with Gasteiger partial charge in [-0.25, -0.2) is 0 Å². The second-order valence-corrected chi connectivity index (χ2v) is 21.0. The number of halogens is 1. The van der Waals surface area contributed by atoms with Crippen molar-refractivity contribution in [2.24, 2.45) is 0 Å². The van der Waals surface area contributed by atoms with E-state index in [0.29, 0.717) is 0 Å². The van der Waals surface area contributed by atoms with Gasteiger partial charge >= 0.3 is 216 Å². The molecule has 0 N–H and O–H groups in total. The van der Waals surface area contributed by atoms with Crippen LogP contribution >= 0.6 is 23.6 Å². The van der Waals surface area contributed by atoms with Gasteiger partial charge in [0.05, 0.1) is 0 Å². The second-order valence-electron chi connectivity index (χ2n) is 12.7. The summed E-state index contributed by atoms with van der Waals surface area (Å²) < 4.78 is 5.80. The van der Waals surface area contributed by atoms with Crippen molar-refractivity contribution >= 4 is 48.5 Å². The Morgan fingerprint density at radius 1 is 0.525 bits per heavy atom. The molecule has 0 amide bonds. The molecule has 3 aromatic carbocycles. The normalized spacial score (nSPS) is 13.0. The maximum absolute atomic E-state index is 5.80. The fraction of sp³-hybridized carbons (Fsp3) is 0.500. The van der Waals surface area contributed by atoms with Crippen molar-refractivity contribution in [2.75, 3.05) is 12.8 Å².